The minimum atomic E-state index is -0.601. The maximum Gasteiger partial charge on any atom is 0.328 e. The Kier molecular flexibility index (Phi) is 6.94. The van der Waals surface area contributed by atoms with Crippen LogP contribution in [0.15, 0.2) is 0 Å². The van der Waals surface area contributed by atoms with Crippen molar-refractivity contribution in [3.8, 4) is 0 Å². The Hall–Kier alpha value is -1.15. The van der Waals surface area contributed by atoms with Crippen LogP contribution in [-0.4, -0.2) is 39.5 Å². The number of thioether (sulfide) groups is 1. The Morgan fingerprint density at radius 1 is 1.40 bits per heavy atom. The lowest BCUT2D eigenvalue weighted by molar-refractivity contribution is -0.146. The van der Waals surface area contributed by atoms with Crippen molar-refractivity contribution in [3.63, 3.8) is 0 Å². The molecule has 0 spiro atoms. The Bertz CT molecular complexity index is 463. The van der Waals surface area contributed by atoms with Gasteiger partial charge in [0.25, 0.3) is 0 Å². The molecule has 0 saturated carbocycles. The molecule has 1 aromatic heterocycles. The number of aryl methyl sites for hydroxylation is 1. The zero-order chi connectivity index (χ0) is 15.1. The van der Waals surface area contributed by atoms with Gasteiger partial charge in [-0.3, -0.25) is 4.79 Å². The molecular formula is C12H19N3O3S2. The Balaban J connectivity index is 2.39. The summed E-state index contributed by atoms with van der Waals surface area (Å²) in [5.41, 5.74) is 1.80. The van der Waals surface area contributed by atoms with Crippen LogP contribution in [0.5, 0.6) is 0 Å². The molecule has 1 N–H and O–H groups in total. The molecule has 1 unspecified atom stereocenters. The SMILES string of the molecule is COC(=O)C(NC(=O)CSCc1nsnc1C)C(C)C. The van der Waals surface area contributed by atoms with E-state index in [-0.39, 0.29) is 17.6 Å². The molecule has 1 atom stereocenters. The van der Waals surface area contributed by atoms with Crippen molar-refractivity contribution in [2.75, 3.05) is 12.9 Å². The molecule has 20 heavy (non-hydrogen) atoms. The van der Waals surface area contributed by atoms with E-state index in [0.29, 0.717) is 5.75 Å². The van der Waals surface area contributed by atoms with Crippen LogP contribution in [0.3, 0.4) is 0 Å². The van der Waals surface area contributed by atoms with Crippen LogP contribution in [0, 0.1) is 12.8 Å². The van der Waals surface area contributed by atoms with Gasteiger partial charge in [-0.1, -0.05) is 13.8 Å². The summed E-state index contributed by atoms with van der Waals surface area (Å²) in [4.78, 5) is 23.4. The number of carbonyl (C=O) groups is 2. The number of rotatable bonds is 7. The van der Waals surface area contributed by atoms with E-state index < -0.39 is 12.0 Å². The van der Waals surface area contributed by atoms with Gasteiger partial charge in [0.1, 0.15) is 6.04 Å². The third-order valence-electron chi connectivity index (χ3n) is 2.66. The number of nitrogens with zero attached hydrogens (tertiary/aromatic N) is 2. The number of ether oxygens (including phenoxy) is 1. The third-order valence-corrected chi connectivity index (χ3v) is 4.26. The number of amides is 1. The van der Waals surface area contributed by atoms with E-state index in [0.717, 1.165) is 11.4 Å². The number of hydrogen-bond acceptors (Lipinski definition) is 7. The smallest absolute Gasteiger partial charge is 0.328 e. The van der Waals surface area contributed by atoms with E-state index in [2.05, 4.69) is 18.8 Å². The summed E-state index contributed by atoms with van der Waals surface area (Å²) in [5, 5.41) is 2.69. The zero-order valence-corrected chi connectivity index (χ0v) is 13.6. The lowest BCUT2D eigenvalue weighted by Crippen LogP contribution is -2.45. The largest absolute Gasteiger partial charge is 0.467 e. The van der Waals surface area contributed by atoms with Gasteiger partial charge in [0.2, 0.25) is 5.91 Å². The van der Waals surface area contributed by atoms with Crippen LogP contribution in [-0.2, 0) is 20.1 Å². The standard InChI is InChI=1S/C12H19N3O3S2/c1-7(2)11(12(17)18-4)13-10(16)6-19-5-9-8(3)14-20-15-9/h7,11H,5-6H2,1-4H3,(H,13,16). The molecule has 0 aliphatic rings. The summed E-state index contributed by atoms with van der Waals surface area (Å²) in [6, 6.07) is -0.601. The average molecular weight is 317 g/mol. The van der Waals surface area contributed by atoms with Gasteiger partial charge in [-0.2, -0.15) is 8.75 Å². The summed E-state index contributed by atoms with van der Waals surface area (Å²) >= 11 is 2.62. The van der Waals surface area contributed by atoms with Crippen molar-refractivity contribution in [2.24, 2.45) is 5.92 Å². The molecule has 0 radical (unpaired) electrons. The fraction of sp³-hybridized carbons (Fsp3) is 0.667. The number of aromatic nitrogens is 2. The first-order chi connectivity index (χ1) is 9.45. The highest BCUT2D eigenvalue weighted by Crippen LogP contribution is 2.14. The second kappa shape index (κ2) is 8.21. The van der Waals surface area contributed by atoms with Crippen LogP contribution >= 0.6 is 23.5 Å². The van der Waals surface area contributed by atoms with Crippen molar-refractivity contribution in [1.29, 1.82) is 0 Å². The monoisotopic (exact) mass is 317 g/mol. The van der Waals surface area contributed by atoms with E-state index in [1.54, 1.807) is 0 Å². The maximum atomic E-state index is 11.8. The Morgan fingerprint density at radius 2 is 2.10 bits per heavy atom. The quantitative estimate of drug-likeness (QED) is 0.766. The lowest BCUT2D eigenvalue weighted by Gasteiger charge is -2.19. The predicted molar refractivity (Wildman–Crippen MR) is 79.6 cm³/mol. The second-order valence-electron chi connectivity index (χ2n) is 4.60. The van der Waals surface area contributed by atoms with Gasteiger partial charge in [0.15, 0.2) is 0 Å². The summed E-state index contributed by atoms with van der Waals surface area (Å²) < 4.78 is 12.9. The number of hydrogen-bond donors (Lipinski definition) is 1. The Labute approximate surface area is 127 Å². The van der Waals surface area contributed by atoms with Gasteiger partial charge in [0.05, 0.1) is 36.0 Å². The molecule has 0 fully saturated rings. The van der Waals surface area contributed by atoms with Crippen molar-refractivity contribution in [3.05, 3.63) is 11.4 Å². The van der Waals surface area contributed by atoms with E-state index in [9.17, 15) is 9.59 Å². The molecule has 0 aliphatic heterocycles. The van der Waals surface area contributed by atoms with Crippen molar-refractivity contribution >= 4 is 35.4 Å². The van der Waals surface area contributed by atoms with Crippen molar-refractivity contribution < 1.29 is 14.3 Å². The van der Waals surface area contributed by atoms with Crippen molar-refractivity contribution in [2.45, 2.75) is 32.6 Å². The van der Waals surface area contributed by atoms with Gasteiger partial charge in [-0.25, -0.2) is 4.79 Å². The van der Waals surface area contributed by atoms with Gasteiger partial charge >= 0.3 is 5.97 Å². The van der Waals surface area contributed by atoms with Crippen LogP contribution in [0.4, 0.5) is 0 Å². The molecule has 0 saturated heterocycles. The highest BCUT2D eigenvalue weighted by atomic mass is 32.2. The first-order valence-electron chi connectivity index (χ1n) is 6.18. The topological polar surface area (TPSA) is 81.2 Å². The number of esters is 1. The van der Waals surface area contributed by atoms with Crippen molar-refractivity contribution in [1.82, 2.24) is 14.1 Å². The molecule has 112 valence electrons. The third kappa shape index (κ3) is 5.09. The molecule has 0 aromatic carbocycles. The molecule has 1 heterocycles. The minimum absolute atomic E-state index is 0.0126. The highest BCUT2D eigenvalue weighted by molar-refractivity contribution is 7.99. The van der Waals surface area contributed by atoms with Crippen LogP contribution in [0.2, 0.25) is 0 Å². The van der Waals surface area contributed by atoms with Crippen LogP contribution < -0.4 is 5.32 Å². The first kappa shape index (κ1) is 16.9. The highest BCUT2D eigenvalue weighted by Gasteiger charge is 2.24. The molecule has 8 heteroatoms. The molecule has 1 aromatic rings. The predicted octanol–water partition coefficient (Wildman–Crippen LogP) is 1.39. The van der Waals surface area contributed by atoms with Gasteiger partial charge in [0, 0.05) is 5.75 Å². The number of nitrogens with one attached hydrogen (secondary N) is 1. The van der Waals surface area contributed by atoms with Gasteiger partial charge in [-0.15, -0.1) is 11.8 Å². The number of methoxy groups -OCH3 is 1. The van der Waals surface area contributed by atoms with Gasteiger partial charge in [-0.05, 0) is 12.8 Å². The summed E-state index contributed by atoms with van der Waals surface area (Å²) in [7, 11) is 1.32. The molecule has 0 bridgehead atoms. The van der Waals surface area contributed by atoms with E-state index in [4.69, 9.17) is 0 Å². The first-order valence-corrected chi connectivity index (χ1v) is 8.07. The second-order valence-corrected chi connectivity index (χ2v) is 6.12. The number of carbonyl (C=O) groups excluding carboxylic acids is 2. The van der Waals surface area contributed by atoms with E-state index >= 15 is 0 Å². The van der Waals surface area contributed by atoms with E-state index in [1.165, 1.54) is 30.6 Å². The van der Waals surface area contributed by atoms with Crippen LogP contribution in [0.1, 0.15) is 25.2 Å². The molecule has 0 aliphatic carbocycles. The molecule has 6 nitrogen and oxygen atoms in total. The average Bonchev–Trinajstić information content (AvgIpc) is 2.80. The lowest BCUT2D eigenvalue weighted by atomic mass is 10.1. The molecule has 1 amide bonds. The summed E-state index contributed by atoms with van der Waals surface area (Å²) in [5.74, 6) is 0.302. The summed E-state index contributed by atoms with van der Waals surface area (Å²) in [6.45, 7) is 5.62. The summed E-state index contributed by atoms with van der Waals surface area (Å²) in [6.07, 6.45) is 0. The maximum absolute atomic E-state index is 11.8. The molecular weight excluding hydrogens is 298 g/mol. The fourth-order valence-corrected chi connectivity index (χ4v) is 2.94. The minimum Gasteiger partial charge on any atom is -0.467 e. The van der Waals surface area contributed by atoms with Crippen LogP contribution in [0.25, 0.3) is 0 Å². The van der Waals surface area contributed by atoms with E-state index in [1.807, 2.05) is 20.8 Å². The van der Waals surface area contributed by atoms with Gasteiger partial charge < -0.3 is 10.1 Å². The Morgan fingerprint density at radius 3 is 2.60 bits per heavy atom. The fourth-order valence-electron chi connectivity index (χ4n) is 1.46. The zero-order valence-electron chi connectivity index (χ0n) is 12.0. The normalized spacial score (nSPS) is 12.2. The molecule has 1 rings (SSSR count).